The first-order chi connectivity index (χ1) is 14.9. The van der Waals surface area contributed by atoms with Crippen LogP contribution in [-0.4, -0.2) is 25.5 Å². The lowest BCUT2D eigenvalue weighted by atomic mass is 10.2. The molecule has 160 valence electrons. The van der Waals surface area contributed by atoms with Gasteiger partial charge in [-0.1, -0.05) is 17.7 Å². The highest BCUT2D eigenvalue weighted by Crippen LogP contribution is 2.28. The molecule has 2 N–H and O–H groups in total. The van der Waals surface area contributed by atoms with Crippen molar-refractivity contribution in [2.45, 2.75) is 13.8 Å². The molecule has 0 saturated heterocycles. The number of ether oxygens (including phenoxy) is 3. The second kappa shape index (κ2) is 10.2. The van der Waals surface area contributed by atoms with Crippen LogP contribution in [0.25, 0.3) is 0 Å². The van der Waals surface area contributed by atoms with E-state index >= 15 is 0 Å². The molecule has 0 unspecified atom stereocenters. The van der Waals surface area contributed by atoms with E-state index in [1.54, 1.807) is 42.5 Å². The van der Waals surface area contributed by atoms with Crippen LogP contribution >= 0.6 is 0 Å². The van der Waals surface area contributed by atoms with Gasteiger partial charge in [0.1, 0.15) is 23.0 Å². The first-order valence-electron chi connectivity index (χ1n) is 9.66. The van der Waals surface area contributed by atoms with E-state index in [0.717, 1.165) is 11.3 Å². The first kappa shape index (κ1) is 21.7. The van der Waals surface area contributed by atoms with E-state index in [1.807, 2.05) is 31.2 Å². The Kier molecular flexibility index (Phi) is 7.11. The molecule has 0 fully saturated rings. The number of hydrogen-bond acceptors (Lipinski definition) is 5. The van der Waals surface area contributed by atoms with Gasteiger partial charge in [0.15, 0.2) is 6.61 Å². The third-order valence-electron chi connectivity index (χ3n) is 4.24. The second-order valence-corrected chi connectivity index (χ2v) is 6.82. The van der Waals surface area contributed by atoms with Gasteiger partial charge in [-0.15, -0.1) is 0 Å². The summed E-state index contributed by atoms with van der Waals surface area (Å²) in [7, 11) is 1.50. The maximum absolute atomic E-state index is 12.2. The van der Waals surface area contributed by atoms with E-state index < -0.39 is 0 Å². The topological polar surface area (TPSA) is 85.9 Å². The summed E-state index contributed by atoms with van der Waals surface area (Å²) in [4.78, 5) is 23.6. The molecule has 0 aromatic heterocycles. The van der Waals surface area contributed by atoms with Crippen molar-refractivity contribution in [3.8, 4) is 23.0 Å². The van der Waals surface area contributed by atoms with Gasteiger partial charge in [-0.3, -0.25) is 9.59 Å². The van der Waals surface area contributed by atoms with Gasteiger partial charge < -0.3 is 24.8 Å². The zero-order valence-corrected chi connectivity index (χ0v) is 17.6. The van der Waals surface area contributed by atoms with Gasteiger partial charge in [-0.25, -0.2) is 0 Å². The standard InChI is InChI=1S/C24H24N2O5/c1-16-4-7-20(8-5-16)31-21-11-9-19(10-12-21)30-15-24(28)26-18-6-13-23(29-3)22(14-18)25-17(2)27/h4-14H,15H2,1-3H3,(H,25,27)(H,26,28). The molecule has 3 rings (SSSR count). The lowest BCUT2D eigenvalue weighted by Crippen LogP contribution is -2.20. The van der Waals surface area contributed by atoms with Crippen LogP contribution in [0, 0.1) is 6.92 Å². The van der Waals surface area contributed by atoms with E-state index in [1.165, 1.54) is 14.0 Å². The Balaban J connectivity index is 1.53. The van der Waals surface area contributed by atoms with Crippen LogP contribution in [0.2, 0.25) is 0 Å². The van der Waals surface area contributed by atoms with Gasteiger partial charge in [0.2, 0.25) is 5.91 Å². The third kappa shape index (κ3) is 6.50. The average molecular weight is 420 g/mol. The van der Waals surface area contributed by atoms with Gasteiger partial charge in [-0.2, -0.15) is 0 Å². The molecule has 0 spiro atoms. The minimum absolute atomic E-state index is 0.167. The Morgan fingerprint density at radius 2 is 1.45 bits per heavy atom. The molecule has 0 bridgehead atoms. The van der Waals surface area contributed by atoms with E-state index in [0.29, 0.717) is 28.6 Å². The van der Waals surface area contributed by atoms with Crippen LogP contribution in [0.4, 0.5) is 11.4 Å². The van der Waals surface area contributed by atoms with Crippen LogP contribution in [0.3, 0.4) is 0 Å². The molecule has 7 heteroatoms. The number of carbonyl (C=O) groups excluding carboxylic acids is 2. The smallest absolute Gasteiger partial charge is 0.262 e. The molecule has 0 saturated carbocycles. The van der Waals surface area contributed by atoms with Gasteiger partial charge in [0.05, 0.1) is 12.8 Å². The van der Waals surface area contributed by atoms with E-state index in [-0.39, 0.29) is 18.4 Å². The monoisotopic (exact) mass is 420 g/mol. The van der Waals surface area contributed by atoms with Crippen molar-refractivity contribution in [2.24, 2.45) is 0 Å². The fraction of sp³-hybridized carbons (Fsp3) is 0.167. The number of methoxy groups -OCH3 is 1. The van der Waals surface area contributed by atoms with Crippen LogP contribution in [-0.2, 0) is 9.59 Å². The van der Waals surface area contributed by atoms with Crippen molar-refractivity contribution in [3.05, 3.63) is 72.3 Å². The molecular weight excluding hydrogens is 396 g/mol. The second-order valence-electron chi connectivity index (χ2n) is 6.82. The molecule has 0 atom stereocenters. The molecule has 7 nitrogen and oxygen atoms in total. The van der Waals surface area contributed by atoms with Crippen molar-refractivity contribution >= 4 is 23.2 Å². The minimum Gasteiger partial charge on any atom is -0.495 e. The van der Waals surface area contributed by atoms with Crippen molar-refractivity contribution in [1.82, 2.24) is 0 Å². The van der Waals surface area contributed by atoms with Crippen LogP contribution in [0.5, 0.6) is 23.0 Å². The molecule has 0 aliphatic carbocycles. The summed E-state index contributed by atoms with van der Waals surface area (Å²) >= 11 is 0. The Morgan fingerprint density at radius 1 is 0.839 bits per heavy atom. The molecule has 0 radical (unpaired) electrons. The number of rotatable bonds is 8. The van der Waals surface area contributed by atoms with Crippen LogP contribution in [0.1, 0.15) is 12.5 Å². The Morgan fingerprint density at radius 3 is 2.06 bits per heavy atom. The summed E-state index contributed by atoms with van der Waals surface area (Å²) in [6.07, 6.45) is 0. The average Bonchev–Trinajstić information content (AvgIpc) is 2.75. The predicted octanol–water partition coefficient (Wildman–Crippen LogP) is 4.77. The molecule has 31 heavy (non-hydrogen) atoms. The van der Waals surface area contributed by atoms with Crippen molar-refractivity contribution in [1.29, 1.82) is 0 Å². The molecule has 3 aromatic carbocycles. The summed E-state index contributed by atoms with van der Waals surface area (Å²) in [5.41, 5.74) is 2.15. The zero-order chi connectivity index (χ0) is 22.2. The van der Waals surface area contributed by atoms with Crippen molar-refractivity contribution < 1.29 is 23.8 Å². The van der Waals surface area contributed by atoms with Crippen molar-refractivity contribution in [2.75, 3.05) is 24.4 Å². The predicted molar refractivity (Wildman–Crippen MR) is 119 cm³/mol. The third-order valence-corrected chi connectivity index (χ3v) is 4.24. The largest absolute Gasteiger partial charge is 0.495 e. The quantitative estimate of drug-likeness (QED) is 0.548. The summed E-state index contributed by atoms with van der Waals surface area (Å²) in [6, 6.07) is 19.7. The SMILES string of the molecule is COc1ccc(NC(=O)COc2ccc(Oc3ccc(C)cc3)cc2)cc1NC(C)=O. The van der Waals surface area contributed by atoms with Gasteiger partial charge in [-0.05, 0) is 61.5 Å². The number of anilines is 2. The molecule has 3 aromatic rings. The normalized spacial score (nSPS) is 10.2. The maximum atomic E-state index is 12.2. The van der Waals surface area contributed by atoms with Crippen molar-refractivity contribution in [3.63, 3.8) is 0 Å². The molecule has 0 aliphatic rings. The van der Waals surface area contributed by atoms with Gasteiger partial charge in [0.25, 0.3) is 5.91 Å². The number of aryl methyl sites for hydroxylation is 1. The van der Waals surface area contributed by atoms with E-state index in [4.69, 9.17) is 14.2 Å². The Labute approximate surface area is 180 Å². The summed E-state index contributed by atoms with van der Waals surface area (Å²) in [5.74, 6) is 1.89. The van der Waals surface area contributed by atoms with E-state index in [9.17, 15) is 9.59 Å². The fourth-order valence-corrected chi connectivity index (χ4v) is 2.77. The molecule has 0 heterocycles. The highest BCUT2D eigenvalue weighted by atomic mass is 16.5. The van der Waals surface area contributed by atoms with Gasteiger partial charge >= 0.3 is 0 Å². The van der Waals surface area contributed by atoms with Crippen LogP contribution in [0.15, 0.2) is 66.7 Å². The number of benzene rings is 3. The molecule has 2 amide bonds. The fourth-order valence-electron chi connectivity index (χ4n) is 2.77. The van der Waals surface area contributed by atoms with E-state index in [2.05, 4.69) is 10.6 Å². The number of amides is 2. The lowest BCUT2D eigenvalue weighted by molar-refractivity contribution is -0.118. The van der Waals surface area contributed by atoms with Crippen LogP contribution < -0.4 is 24.8 Å². The zero-order valence-electron chi connectivity index (χ0n) is 17.6. The first-order valence-corrected chi connectivity index (χ1v) is 9.66. The number of nitrogens with one attached hydrogen (secondary N) is 2. The number of hydrogen-bond donors (Lipinski definition) is 2. The number of carbonyl (C=O) groups is 2. The lowest BCUT2D eigenvalue weighted by Gasteiger charge is -2.12. The van der Waals surface area contributed by atoms with Gasteiger partial charge in [0, 0.05) is 12.6 Å². The summed E-state index contributed by atoms with van der Waals surface area (Å²) < 4.78 is 16.5. The maximum Gasteiger partial charge on any atom is 0.262 e. The molecule has 0 aliphatic heterocycles. The summed E-state index contributed by atoms with van der Waals surface area (Å²) in [5, 5.41) is 5.39. The summed E-state index contributed by atoms with van der Waals surface area (Å²) in [6.45, 7) is 3.25. The Hall–Kier alpha value is -4.00. The Bertz CT molecular complexity index is 1050. The minimum atomic E-state index is -0.334. The highest BCUT2D eigenvalue weighted by Gasteiger charge is 2.09. The molecular formula is C24H24N2O5. The highest BCUT2D eigenvalue weighted by molar-refractivity contribution is 5.95.